The monoisotopic (exact) mass is 568 g/mol. The van der Waals surface area contributed by atoms with E-state index < -0.39 is 0 Å². The molecule has 0 aliphatic carbocycles. The van der Waals surface area contributed by atoms with Gasteiger partial charge in [-0.3, -0.25) is 4.98 Å². The lowest BCUT2D eigenvalue weighted by molar-refractivity contribution is 1.20. The van der Waals surface area contributed by atoms with E-state index in [9.17, 15) is 0 Å². The molecule has 0 amide bonds. The predicted molar refractivity (Wildman–Crippen MR) is 121 cm³/mol. The summed E-state index contributed by atoms with van der Waals surface area (Å²) in [5.74, 6) is 0. The number of aryl methyl sites for hydroxylation is 1. The number of halogens is 3. The Morgan fingerprint density at radius 2 is 1.76 bits per heavy atom. The molecule has 0 aliphatic heterocycles. The summed E-state index contributed by atoms with van der Waals surface area (Å²) < 4.78 is 2.84. The van der Waals surface area contributed by atoms with Crippen LogP contribution in [0, 0.1) is 6.92 Å². The normalized spacial score (nSPS) is 11.2. The number of hydrogen-bond donors (Lipinski definition) is 0. The average molecular weight is 570 g/mol. The Kier molecular flexibility index (Phi) is 6.41. The molecule has 0 bridgehead atoms. The van der Waals surface area contributed by atoms with E-state index in [2.05, 4.69) is 113 Å². The summed E-state index contributed by atoms with van der Waals surface area (Å²) in [7, 11) is 0. The molecule has 3 rings (SSSR count). The quantitative estimate of drug-likeness (QED) is 0.191. The number of benzene rings is 1. The molecule has 2 aromatic heterocycles. The van der Waals surface area contributed by atoms with E-state index in [-0.39, 0.29) is 0 Å². The molecule has 2 heterocycles. The molecule has 25 heavy (non-hydrogen) atoms. The third-order valence-electron chi connectivity index (χ3n) is 3.76. The first-order chi connectivity index (χ1) is 12.1. The van der Waals surface area contributed by atoms with Crippen molar-refractivity contribution in [2.75, 3.05) is 0 Å². The summed E-state index contributed by atoms with van der Waals surface area (Å²) >= 11 is 9.35. The van der Waals surface area contributed by atoms with Crippen molar-refractivity contribution < 1.29 is 0 Å². The number of alkyl halides is 1. The topological polar surface area (TPSA) is 25.8 Å². The van der Waals surface area contributed by atoms with E-state index in [1.165, 1.54) is 11.1 Å². The van der Waals surface area contributed by atoms with E-state index in [1.807, 2.05) is 19.3 Å². The molecule has 0 radical (unpaired) electrons. The minimum atomic E-state index is 0.862. The predicted octanol–water partition coefficient (Wildman–Crippen LogP) is 7.08. The van der Waals surface area contributed by atoms with Crippen molar-refractivity contribution in [3.63, 3.8) is 0 Å². The van der Waals surface area contributed by atoms with Crippen LogP contribution in [0.4, 0.5) is 0 Å². The maximum atomic E-state index is 4.60. The van der Waals surface area contributed by atoms with Gasteiger partial charge in [0.2, 0.25) is 0 Å². The molecule has 0 unspecified atom stereocenters. The van der Waals surface area contributed by atoms with Gasteiger partial charge in [-0.1, -0.05) is 59.0 Å². The van der Waals surface area contributed by atoms with Gasteiger partial charge >= 0.3 is 0 Å². The largest absolute Gasteiger partial charge is 0.254 e. The fourth-order valence-electron chi connectivity index (χ4n) is 2.41. The Bertz CT molecular complexity index is 921. The van der Waals surface area contributed by atoms with Crippen LogP contribution in [-0.2, 0) is 4.43 Å². The van der Waals surface area contributed by atoms with Crippen LogP contribution in [-0.4, -0.2) is 9.97 Å². The molecule has 0 saturated carbocycles. The van der Waals surface area contributed by atoms with E-state index in [4.69, 9.17) is 0 Å². The van der Waals surface area contributed by atoms with Crippen LogP contribution in [0.2, 0.25) is 0 Å². The molecule has 126 valence electrons. The second kappa shape index (κ2) is 8.56. The third-order valence-corrected chi connectivity index (χ3v) is 5.91. The minimum Gasteiger partial charge on any atom is -0.254 e. The number of hydrogen-bond acceptors (Lipinski definition) is 2. The highest BCUT2D eigenvalue weighted by Crippen LogP contribution is 2.27. The highest BCUT2D eigenvalue weighted by Gasteiger charge is 2.08. The second-order valence-corrected chi connectivity index (χ2v) is 8.06. The number of pyridine rings is 2. The minimum absolute atomic E-state index is 0.862. The first kappa shape index (κ1) is 18.7. The summed E-state index contributed by atoms with van der Waals surface area (Å²) in [4.78, 5) is 9.00. The lowest BCUT2D eigenvalue weighted by Gasteiger charge is -2.08. The van der Waals surface area contributed by atoms with Gasteiger partial charge in [0, 0.05) is 32.4 Å². The van der Waals surface area contributed by atoms with Crippen molar-refractivity contribution in [3.05, 3.63) is 80.1 Å². The Balaban J connectivity index is 1.98. The maximum Gasteiger partial charge on any atom is 0.109 e. The third kappa shape index (κ3) is 4.77. The maximum absolute atomic E-state index is 4.60. The van der Waals surface area contributed by atoms with E-state index in [1.54, 1.807) is 0 Å². The molecule has 1 aromatic carbocycles. The molecule has 2 nitrogen and oxygen atoms in total. The van der Waals surface area contributed by atoms with Gasteiger partial charge in [0.15, 0.2) is 0 Å². The lowest BCUT2D eigenvalue weighted by Crippen LogP contribution is -1.91. The van der Waals surface area contributed by atoms with Gasteiger partial charge in [-0.05, 0) is 67.6 Å². The smallest absolute Gasteiger partial charge is 0.109 e. The van der Waals surface area contributed by atoms with Gasteiger partial charge in [-0.2, -0.15) is 0 Å². The van der Waals surface area contributed by atoms with Crippen LogP contribution in [0.1, 0.15) is 22.3 Å². The molecule has 0 atom stereocenters. The summed E-state index contributed by atoms with van der Waals surface area (Å²) in [6.07, 6.45) is 7.88. The summed E-state index contributed by atoms with van der Waals surface area (Å²) in [6.45, 7) is 2.03. The zero-order valence-corrected chi connectivity index (χ0v) is 18.8. The van der Waals surface area contributed by atoms with Gasteiger partial charge in [0.05, 0.1) is 5.69 Å². The van der Waals surface area contributed by atoms with Gasteiger partial charge in [-0.25, -0.2) is 4.98 Å². The van der Waals surface area contributed by atoms with Crippen LogP contribution in [0.25, 0.3) is 23.4 Å². The Hall–Kier alpha value is -1.05. The standard InChI is InChI=1S/C20H15Br2IN2/c1-13-8-17(11-25-20(13)22)19-16(9-18(21)12-24-19)7-6-14-2-4-15(10-23)5-3-14/h2-9,11-12H,10H2,1H3/b7-6+. The number of nitrogens with zero attached hydrogens (tertiary/aromatic N) is 2. The number of aromatic nitrogens is 2. The molecule has 5 heteroatoms. The average Bonchev–Trinajstić information content (AvgIpc) is 2.63. The Labute approximate surface area is 178 Å². The second-order valence-electron chi connectivity index (χ2n) is 5.63. The zero-order chi connectivity index (χ0) is 17.8. The van der Waals surface area contributed by atoms with Crippen LogP contribution >= 0.6 is 54.5 Å². The summed E-state index contributed by atoms with van der Waals surface area (Å²) in [6, 6.07) is 12.8. The molecule has 0 spiro atoms. The van der Waals surface area contributed by atoms with Crippen molar-refractivity contribution in [2.24, 2.45) is 0 Å². The molecule has 0 fully saturated rings. The van der Waals surface area contributed by atoms with E-state index in [0.29, 0.717) is 0 Å². The lowest BCUT2D eigenvalue weighted by atomic mass is 10.0. The van der Waals surface area contributed by atoms with Crippen LogP contribution in [0.15, 0.2) is 57.9 Å². The molecule has 0 aliphatic rings. The first-order valence-corrected chi connectivity index (χ1v) is 10.8. The van der Waals surface area contributed by atoms with Crippen molar-refractivity contribution in [1.82, 2.24) is 9.97 Å². The zero-order valence-electron chi connectivity index (χ0n) is 13.5. The fraction of sp³-hybridized carbons (Fsp3) is 0.100. The molecule has 0 N–H and O–H groups in total. The highest BCUT2D eigenvalue weighted by molar-refractivity contribution is 14.1. The highest BCUT2D eigenvalue weighted by atomic mass is 127. The van der Waals surface area contributed by atoms with Crippen molar-refractivity contribution >= 4 is 66.6 Å². The van der Waals surface area contributed by atoms with E-state index >= 15 is 0 Å². The van der Waals surface area contributed by atoms with Gasteiger partial charge in [0.1, 0.15) is 4.60 Å². The molecular weight excluding hydrogens is 555 g/mol. The van der Waals surface area contributed by atoms with E-state index in [0.717, 1.165) is 35.9 Å². The van der Waals surface area contributed by atoms with Crippen LogP contribution in [0.3, 0.4) is 0 Å². The van der Waals surface area contributed by atoms with Crippen molar-refractivity contribution in [3.8, 4) is 11.3 Å². The van der Waals surface area contributed by atoms with Gasteiger partial charge in [-0.15, -0.1) is 0 Å². The van der Waals surface area contributed by atoms with Crippen molar-refractivity contribution in [1.29, 1.82) is 0 Å². The summed E-state index contributed by atoms with van der Waals surface area (Å²) in [5, 5.41) is 0. The van der Waals surface area contributed by atoms with Crippen LogP contribution in [0.5, 0.6) is 0 Å². The van der Waals surface area contributed by atoms with Gasteiger partial charge < -0.3 is 0 Å². The number of rotatable bonds is 4. The van der Waals surface area contributed by atoms with Gasteiger partial charge in [0.25, 0.3) is 0 Å². The SMILES string of the molecule is Cc1cc(-c2ncc(Br)cc2/C=C/c2ccc(CI)cc2)cnc1Br. The molecule has 0 saturated heterocycles. The van der Waals surface area contributed by atoms with Crippen molar-refractivity contribution in [2.45, 2.75) is 11.4 Å². The fourth-order valence-corrected chi connectivity index (χ4v) is 3.49. The first-order valence-electron chi connectivity index (χ1n) is 7.68. The molecular formula is C20H15Br2IN2. The molecule has 3 aromatic rings. The Morgan fingerprint density at radius 1 is 1.00 bits per heavy atom. The Morgan fingerprint density at radius 3 is 2.44 bits per heavy atom. The summed E-state index contributed by atoms with van der Waals surface area (Å²) in [5.41, 5.74) is 6.57. The van der Waals surface area contributed by atoms with Crippen LogP contribution < -0.4 is 0 Å².